The first-order chi connectivity index (χ1) is 13.0. The van der Waals surface area contributed by atoms with E-state index in [0.717, 1.165) is 29.7 Å². The zero-order valence-electron chi connectivity index (χ0n) is 14.7. The number of anilines is 1. The van der Waals surface area contributed by atoms with Gasteiger partial charge in [0.2, 0.25) is 5.95 Å². The molecule has 138 valence electrons. The van der Waals surface area contributed by atoms with Crippen molar-refractivity contribution in [2.45, 2.75) is 25.8 Å². The average molecular weight is 383 g/mol. The van der Waals surface area contributed by atoms with E-state index < -0.39 is 0 Å². The topological polar surface area (TPSA) is 85.0 Å². The number of nitrogens with zero attached hydrogens (tertiary/aromatic N) is 4. The number of nitrogen functional groups attached to an aromatic ring is 1. The Morgan fingerprint density at radius 3 is 2.78 bits per heavy atom. The van der Waals surface area contributed by atoms with Crippen LogP contribution in [-0.2, 0) is 0 Å². The standard InChI is InChI=1S/C19H18FN5OS/c1-11-17(27-10-23-11)18(26)25-8-2-3-15(25)16-14(9-22-19(21)24-16)12-4-6-13(20)7-5-12/h4-7,9-10,15H,2-3,8H2,1H3,(H2,21,22,24)/t15-/m1/s1. The van der Waals surface area contributed by atoms with E-state index in [1.165, 1.54) is 23.5 Å². The van der Waals surface area contributed by atoms with Crippen LogP contribution in [0.1, 0.15) is 39.9 Å². The molecule has 1 saturated heterocycles. The summed E-state index contributed by atoms with van der Waals surface area (Å²) in [5.41, 5.74) is 10.5. The molecule has 1 aliphatic heterocycles. The number of carbonyl (C=O) groups is 1. The number of carbonyl (C=O) groups excluding carboxylic acids is 1. The molecule has 0 bridgehead atoms. The maximum Gasteiger partial charge on any atom is 0.266 e. The van der Waals surface area contributed by atoms with E-state index in [1.54, 1.807) is 23.8 Å². The van der Waals surface area contributed by atoms with Crippen LogP contribution in [0.3, 0.4) is 0 Å². The summed E-state index contributed by atoms with van der Waals surface area (Å²) in [4.78, 5) is 28.3. The van der Waals surface area contributed by atoms with E-state index in [2.05, 4.69) is 15.0 Å². The second-order valence-electron chi connectivity index (χ2n) is 6.46. The van der Waals surface area contributed by atoms with E-state index in [9.17, 15) is 9.18 Å². The van der Waals surface area contributed by atoms with Gasteiger partial charge >= 0.3 is 0 Å². The maximum absolute atomic E-state index is 13.3. The monoisotopic (exact) mass is 383 g/mol. The third kappa shape index (κ3) is 3.28. The molecular weight excluding hydrogens is 365 g/mol. The van der Waals surface area contributed by atoms with Crippen molar-refractivity contribution in [3.63, 3.8) is 0 Å². The molecule has 0 unspecified atom stereocenters. The minimum atomic E-state index is -0.310. The molecule has 1 aromatic carbocycles. The van der Waals surface area contributed by atoms with Crippen LogP contribution in [0, 0.1) is 12.7 Å². The second-order valence-corrected chi connectivity index (χ2v) is 7.31. The number of aromatic nitrogens is 3. The Hall–Kier alpha value is -2.87. The van der Waals surface area contributed by atoms with E-state index in [1.807, 2.05) is 11.8 Å². The molecule has 1 fully saturated rings. The Balaban J connectivity index is 1.75. The molecule has 3 heterocycles. The number of rotatable bonds is 3. The molecule has 27 heavy (non-hydrogen) atoms. The van der Waals surface area contributed by atoms with Crippen molar-refractivity contribution in [3.05, 3.63) is 58.1 Å². The number of halogens is 1. The van der Waals surface area contributed by atoms with Gasteiger partial charge in [-0.3, -0.25) is 4.79 Å². The van der Waals surface area contributed by atoms with Gasteiger partial charge in [0, 0.05) is 18.3 Å². The van der Waals surface area contributed by atoms with Crippen molar-refractivity contribution in [2.75, 3.05) is 12.3 Å². The normalized spacial score (nSPS) is 16.7. The number of aryl methyl sites for hydroxylation is 1. The summed E-state index contributed by atoms with van der Waals surface area (Å²) in [5, 5.41) is 0. The molecule has 4 rings (SSSR count). The Labute approximate surface area is 159 Å². The number of nitrogens with two attached hydrogens (primary N) is 1. The van der Waals surface area contributed by atoms with Gasteiger partial charge in [-0.2, -0.15) is 0 Å². The summed E-state index contributed by atoms with van der Waals surface area (Å²) >= 11 is 1.35. The lowest BCUT2D eigenvalue weighted by Gasteiger charge is -2.25. The summed E-state index contributed by atoms with van der Waals surface area (Å²) in [5.74, 6) is -0.195. The van der Waals surface area contributed by atoms with Crippen molar-refractivity contribution < 1.29 is 9.18 Å². The number of likely N-dealkylation sites (tertiary alicyclic amines) is 1. The SMILES string of the molecule is Cc1ncsc1C(=O)N1CCC[C@@H]1c1nc(N)ncc1-c1ccc(F)cc1. The molecule has 1 aliphatic rings. The lowest BCUT2D eigenvalue weighted by molar-refractivity contribution is 0.0737. The summed E-state index contributed by atoms with van der Waals surface area (Å²) in [7, 11) is 0. The van der Waals surface area contributed by atoms with Gasteiger partial charge in [0.15, 0.2) is 0 Å². The molecule has 6 nitrogen and oxygen atoms in total. The molecule has 1 amide bonds. The second kappa shape index (κ2) is 7.03. The minimum Gasteiger partial charge on any atom is -0.368 e. The highest BCUT2D eigenvalue weighted by Gasteiger charge is 2.34. The van der Waals surface area contributed by atoms with E-state index in [0.29, 0.717) is 17.1 Å². The van der Waals surface area contributed by atoms with Crippen LogP contribution in [-0.4, -0.2) is 32.3 Å². The van der Waals surface area contributed by atoms with Crippen molar-refractivity contribution in [1.29, 1.82) is 0 Å². The molecule has 2 aromatic heterocycles. The van der Waals surface area contributed by atoms with Gasteiger partial charge in [0.05, 0.1) is 22.9 Å². The van der Waals surface area contributed by atoms with Crippen LogP contribution < -0.4 is 5.73 Å². The zero-order chi connectivity index (χ0) is 19.0. The summed E-state index contributed by atoms with van der Waals surface area (Å²) in [6, 6.07) is 5.95. The fourth-order valence-corrected chi connectivity index (χ4v) is 4.20. The Morgan fingerprint density at radius 2 is 2.07 bits per heavy atom. The molecule has 2 N–H and O–H groups in total. The van der Waals surface area contributed by atoms with Gasteiger partial charge in [-0.1, -0.05) is 12.1 Å². The highest BCUT2D eigenvalue weighted by Crippen LogP contribution is 2.38. The molecular formula is C19H18FN5OS. The third-order valence-corrected chi connectivity index (χ3v) is 5.68. The van der Waals surface area contributed by atoms with Gasteiger partial charge < -0.3 is 10.6 Å². The Morgan fingerprint density at radius 1 is 1.30 bits per heavy atom. The molecule has 0 aliphatic carbocycles. The lowest BCUT2D eigenvalue weighted by atomic mass is 9.99. The molecule has 0 saturated carbocycles. The third-order valence-electron chi connectivity index (χ3n) is 4.76. The highest BCUT2D eigenvalue weighted by molar-refractivity contribution is 7.11. The first-order valence-electron chi connectivity index (χ1n) is 8.64. The first-order valence-corrected chi connectivity index (χ1v) is 9.52. The predicted octanol–water partition coefficient (Wildman–Crippen LogP) is 3.61. The lowest BCUT2D eigenvalue weighted by Crippen LogP contribution is -2.31. The van der Waals surface area contributed by atoms with Crippen LogP contribution in [0.5, 0.6) is 0 Å². The van der Waals surface area contributed by atoms with Gasteiger partial charge in [-0.05, 0) is 37.5 Å². The largest absolute Gasteiger partial charge is 0.368 e. The van der Waals surface area contributed by atoms with Gasteiger partial charge in [-0.25, -0.2) is 19.3 Å². The number of hydrogen-bond donors (Lipinski definition) is 1. The fourth-order valence-electron chi connectivity index (χ4n) is 3.45. The maximum atomic E-state index is 13.3. The number of hydrogen-bond acceptors (Lipinski definition) is 6. The van der Waals surface area contributed by atoms with Crippen molar-refractivity contribution in [2.24, 2.45) is 0 Å². The number of benzene rings is 1. The Kier molecular flexibility index (Phi) is 4.57. The van der Waals surface area contributed by atoms with Crippen molar-refractivity contribution in [1.82, 2.24) is 19.9 Å². The van der Waals surface area contributed by atoms with Crippen molar-refractivity contribution in [3.8, 4) is 11.1 Å². The minimum absolute atomic E-state index is 0.0419. The van der Waals surface area contributed by atoms with Crippen LogP contribution in [0.15, 0.2) is 36.0 Å². The van der Waals surface area contributed by atoms with Gasteiger partial charge in [0.1, 0.15) is 10.7 Å². The summed E-state index contributed by atoms with van der Waals surface area (Å²) in [6.45, 7) is 2.48. The quantitative estimate of drug-likeness (QED) is 0.747. The average Bonchev–Trinajstić information content (AvgIpc) is 3.31. The van der Waals surface area contributed by atoms with Gasteiger partial charge in [0.25, 0.3) is 5.91 Å². The molecule has 1 atom stereocenters. The smallest absolute Gasteiger partial charge is 0.266 e. The fraction of sp³-hybridized carbons (Fsp3) is 0.263. The van der Waals surface area contributed by atoms with E-state index >= 15 is 0 Å². The van der Waals surface area contributed by atoms with Crippen LogP contribution in [0.4, 0.5) is 10.3 Å². The summed E-state index contributed by atoms with van der Waals surface area (Å²) < 4.78 is 13.3. The van der Waals surface area contributed by atoms with E-state index in [4.69, 9.17) is 5.73 Å². The molecule has 3 aromatic rings. The van der Waals surface area contributed by atoms with E-state index in [-0.39, 0.29) is 23.7 Å². The predicted molar refractivity (Wildman–Crippen MR) is 102 cm³/mol. The molecule has 0 spiro atoms. The number of amides is 1. The zero-order valence-corrected chi connectivity index (χ0v) is 15.5. The van der Waals surface area contributed by atoms with Crippen LogP contribution >= 0.6 is 11.3 Å². The Bertz CT molecular complexity index is 988. The summed E-state index contributed by atoms with van der Waals surface area (Å²) in [6.07, 6.45) is 3.30. The van der Waals surface area contributed by atoms with Gasteiger partial charge in [-0.15, -0.1) is 11.3 Å². The van der Waals surface area contributed by atoms with Crippen molar-refractivity contribution >= 4 is 23.2 Å². The highest BCUT2D eigenvalue weighted by atomic mass is 32.1. The first kappa shape index (κ1) is 17.5. The van der Waals surface area contributed by atoms with Crippen LogP contribution in [0.25, 0.3) is 11.1 Å². The molecule has 8 heteroatoms. The van der Waals surface area contributed by atoms with Crippen LogP contribution in [0.2, 0.25) is 0 Å². The number of thiazole rings is 1. The molecule has 0 radical (unpaired) electrons.